The number of rotatable bonds is 1. The van der Waals surface area contributed by atoms with Crippen LogP contribution in [0.4, 0.5) is 11.4 Å². The molecule has 3 N–H and O–H groups in total. The number of phenols is 1. The third-order valence-corrected chi connectivity index (χ3v) is 1.62. The number of nitro benzene ring substituents is 1. The summed E-state index contributed by atoms with van der Waals surface area (Å²) in [5.74, 6) is -0.380. The molecule has 1 rings (SSSR count). The average Bonchev–Trinajstić information content (AvgIpc) is 1.99. The Labute approximate surface area is 72.5 Å². The Morgan fingerprint density at radius 1 is 1.58 bits per heavy atom. The molecule has 0 saturated carbocycles. The van der Waals surface area contributed by atoms with Gasteiger partial charge in [-0.05, 0) is 0 Å². The average molecular weight is 189 g/mol. The van der Waals surface area contributed by atoms with Crippen molar-refractivity contribution in [2.24, 2.45) is 0 Å². The second-order valence-corrected chi connectivity index (χ2v) is 2.52. The second kappa shape index (κ2) is 2.86. The molecule has 0 radical (unpaired) electrons. The highest BCUT2D eigenvalue weighted by molar-refractivity contribution is 6.33. The molecular formula is C6H5ClN2O3. The van der Waals surface area contributed by atoms with E-state index in [9.17, 15) is 10.1 Å². The highest BCUT2D eigenvalue weighted by Gasteiger charge is 2.12. The van der Waals surface area contributed by atoms with Gasteiger partial charge in [-0.1, -0.05) is 11.6 Å². The zero-order chi connectivity index (χ0) is 9.30. The first-order valence-electron chi connectivity index (χ1n) is 2.94. The molecule has 0 spiro atoms. The van der Waals surface area contributed by atoms with Crippen LogP contribution in [-0.4, -0.2) is 10.0 Å². The quantitative estimate of drug-likeness (QED) is 0.303. The first-order valence-corrected chi connectivity index (χ1v) is 3.32. The van der Waals surface area contributed by atoms with E-state index in [4.69, 9.17) is 22.4 Å². The molecule has 0 heterocycles. The standard InChI is InChI=1S/C6H5ClN2O3/c7-4-1-3(9(11)12)2-5(10)6(4)8/h1-2,10H,8H2. The van der Waals surface area contributed by atoms with Crippen molar-refractivity contribution in [3.05, 3.63) is 27.3 Å². The number of nitro groups is 1. The fourth-order valence-corrected chi connectivity index (χ4v) is 0.903. The van der Waals surface area contributed by atoms with E-state index in [0.29, 0.717) is 0 Å². The van der Waals surface area contributed by atoms with E-state index in [0.717, 1.165) is 12.1 Å². The number of aromatic hydroxyl groups is 1. The minimum Gasteiger partial charge on any atom is -0.505 e. The van der Waals surface area contributed by atoms with Crippen molar-refractivity contribution in [1.29, 1.82) is 0 Å². The first-order chi connectivity index (χ1) is 5.52. The first kappa shape index (κ1) is 8.61. The van der Waals surface area contributed by atoms with Crippen molar-refractivity contribution in [2.45, 2.75) is 0 Å². The lowest BCUT2D eigenvalue weighted by Gasteiger charge is -1.99. The minimum atomic E-state index is -0.662. The van der Waals surface area contributed by atoms with E-state index in [1.807, 2.05) is 0 Å². The maximum atomic E-state index is 10.2. The van der Waals surface area contributed by atoms with Gasteiger partial charge in [-0.2, -0.15) is 0 Å². The van der Waals surface area contributed by atoms with Gasteiger partial charge in [-0.15, -0.1) is 0 Å². The Morgan fingerprint density at radius 2 is 2.17 bits per heavy atom. The summed E-state index contributed by atoms with van der Waals surface area (Å²) >= 11 is 5.47. The molecule has 0 atom stereocenters. The summed E-state index contributed by atoms with van der Waals surface area (Å²) in [5, 5.41) is 19.2. The summed E-state index contributed by atoms with van der Waals surface area (Å²) in [5.41, 5.74) is 4.91. The zero-order valence-electron chi connectivity index (χ0n) is 5.82. The summed E-state index contributed by atoms with van der Waals surface area (Å²) in [6, 6.07) is 2.03. The van der Waals surface area contributed by atoms with Gasteiger partial charge in [0.05, 0.1) is 21.7 Å². The third-order valence-electron chi connectivity index (χ3n) is 1.30. The maximum Gasteiger partial charge on any atom is 0.274 e. The number of halogens is 1. The van der Waals surface area contributed by atoms with Gasteiger partial charge in [0.15, 0.2) is 0 Å². The molecular weight excluding hydrogens is 184 g/mol. The molecule has 6 heteroatoms. The lowest BCUT2D eigenvalue weighted by atomic mass is 10.2. The highest BCUT2D eigenvalue weighted by atomic mass is 35.5. The number of phenolic OH excluding ortho intramolecular Hbond substituents is 1. The molecule has 0 bridgehead atoms. The van der Waals surface area contributed by atoms with Crippen molar-refractivity contribution in [3.63, 3.8) is 0 Å². The molecule has 0 aromatic heterocycles. The number of nitrogens with two attached hydrogens (primary N) is 1. The fraction of sp³-hybridized carbons (Fsp3) is 0. The Bertz CT molecular complexity index is 317. The van der Waals surface area contributed by atoms with Crippen LogP contribution < -0.4 is 5.73 Å². The highest BCUT2D eigenvalue weighted by Crippen LogP contribution is 2.32. The van der Waals surface area contributed by atoms with E-state index in [1.165, 1.54) is 0 Å². The van der Waals surface area contributed by atoms with Gasteiger partial charge in [-0.25, -0.2) is 0 Å². The summed E-state index contributed by atoms with van der Waals surface area (Å²) in [7, 11) is 0. The number of hydrogen-bond acceptors (Lipinski definition) is 4. The number of non-ortho nitro benzene ring substituents is 1. The smallest absolute Gasteiger partial charge is 0.274 e. The molecule has 0 fully saturated rings. The van der Waals surface area contributed by atoms with Crippen molar-refractivity contribution in [2.75, 3.05) is 5.73 Å². The van der Waals surface area contributed by atoms with Crippen molar-refractivity contribution < 1.29 is 10.0 Å². The molecule has 0 aliphatic heterocycles. The van der Waals surface area contributed by atoms with Crippen LogP contribution in [0.15, 0.2) is 12.1 Å². The van der Waals surface area contributed by atoms with Gasteiger partial charge >= 0.3 is 0 Å². The zero-order valence-corrected chi connectivity index (χ0v) is 6.58. The fourth-order valence-electron chi connectivity index (χ4n) is 0.695. The van der Waals surface area contributed by atoms with Crippen LogP contribution in [0, 0.1) is 10.1 Å². The van der Waals surface area contributed by atoms with Crippen LogP contribution >= 0.6 is 11.6 Å². The third kappa shape index (κ3) is 1.40. The van der Waals surface area contributed by atoms with Gasteiger partial charge in [0.25, 0.3) is 5.69 Å². The van der Waals surface area contributed by atoms with Crippen LogP contribution in [0.1, 0.15) is 0 Å². The SMILES string of the molecule is Nc1c(O)cc([N+](=O)[O-])cc1Cl. The summed E-state index contributed by atoms with van der Waals surface area (Å²) in [6.07, 6.45) is 0. The van der Waals surface area contributed by atoms with Crippen molar-refractivity contribution >= 4 is 23.0 Å². The number of benzene rings is 1. The number of anilines is 1. The lowest BCUT2D eigenvalue weighted by molar-refractivity contribution is -0.384. The molecule has 0 aliphatic rings. The van der Waals surface area contributed by atoms with Crippen LogP contribution in [0.25, 0.3) is 0 Å². The molecule has 1 aromatic rings. The largest absolute Gasteiger partial charge is 0.505 e. The Hall–Kier alpha value is -1.49. The number of nitrogen functional groups attached to an aromatic ring is 1. The summed E-state index contributed by atoms with van der Waals surface area (Å²) in [6.45, 7) is 0. The molecule has 1 aromatic carbocycles. The molecule has 0 unspecified atom stereocenters. The van der Waals surface area contributed by atoms with Gasteiger partial charge < -0.3 is 10.8 Å². The van der Waals surface area contributed by atoms with Gasteiger partial charge in [0.2, 0.25) is 0 Å². The van der Waals surface area contributed by atoms with Crippen molar-refractivity contribution in [3.8, 4) is 5.75 Å². The maximum absolute atomic E-state index is 10.2. The van der Waals surface area contributed by atoms with Gasteiger partial charge in [-0.3, -0.25) is 10.1 Å². The van der Waals surface area contributed by atoms with Crippen molar-refractivity contribution in [1.82, 2.24) is 0 Å². The van der Waals surface area contributed by atoms with E-state index >= 15 is 0 Å². The number of hydrogen-bond donors (Lipinski definition) is 2. The molecule has 0 amide bonds. The summed E-state index contributed by atoms with van der Waals surface area (Å²) < 4.78 is 0. The summed E-state index contributed by atoms with van der Waals surface area (Å²) in [4.78, 5) is 9.55. The van der Waals surface area contributed by atoms with Crippen LogP contribution in [-0.2, 0) is 0 Å². The lowest BCUT2D eigenvalue weighted by Crippen LogP contribution is -1.91. The number of nitrogens with zero attached hydrogens (tertiary/aromatic N) is 1. The Balaban J connectivity index is 3.31. The topological polar surface area (TPSA) is 89.4 Å². The molecule has 5 nitrogen and oxygen atoms in total. The van der Waals surface area contributed by atoms with E-state index < -0.39 is 4.92 Å². The second-order valence-electron chi connectivity index (χ2n) is 2.12. The normalized spacial score (nSPS) is 9.75. The van der Waals surface area contributed by atoms with E-state index in [-0.39, 0.29) is 22.1 Å². The van der Waals surface area contributed by atoms with E-state index in [2.05, 4.69) is 0 Å². The molecule has 0 saturated heterocycles. The van der Waals surface area contributed by atoms with Crippen LogP contribution in [0.3, 0.4) is 0 Å². The van der Waals surface area contributed by atoms with Crippen LogP contribution in [0.5, 0.6) is 5.75 Å². The van der Waals surface area contributed by atoms with Gasteiger partial charge in [0.1, 0.15) is 5.75 Å². The Morgan fingerprint density at radius 3 is 2.58 bits per heavy atom. The van der Waals surface area contributed by atoms with E-state index in [1.54, 1.807) is 0 Å². The van der Waals surface area contributed by atoms with Crippen LogP contribution in [0.2, 0.25) is 5.02 Å². The predicted octanol–water partition coefficient (Wildman–Crippen LogP) is 1.54. The Kier molecular flexibility index (Phi) is 2.05. The molecule has 12 heavy (non-hydrogen) atoms. The monoisotopic (exact) mass is 188 g/mol. The molecule has 0 aliphatic carbocycles. The molecule has 64 valence electrons. The van der Waals surface area contributed by atoms with Gasteiger partial charge in [0, 0.05) is 6.07 Å². The predicted molar refractivity (Wildman–Crippen MR) is 44.2 cm³/mol. The minimum absolute atomic E-state index is 0.0262.